The molecule has 1 aliphatic heterocycles. The van der Waals surface area contributed by atoms with Crippen LogP contribution >= 0.6 is 0 Å². The Balaban J connectivity index is 2.12. The van der Waals surface area contributed by atoms with Crippen LogP contribution in [0.1, 0.15) is 64.2 Å². The van der Waals surface area contributed by atoms with Gasteiger partial charge >= 0.3 is 18.4 Å². The second kappa shape index (κ2) is 9.49. The number of nitrogens with zero attached hydrogens (tertiary/aromatic N) is 1. The van der Waals surface area contributed by atoms with Gasteiger partial charge in [-0.3, -0.25) is 0 Å². The van der Waals surface area contributed by atoms with Gasteiger partial charge < -0.3 is 15.0 Å². The minimum absolute atomic E-state index is 0.0946. The molecule has 1 fully saturated rings. The molecule has 10 heteroatoms. The molecule has 4 nitrogen and oxygen atoms in total. The number of amides is 1. The summed E-state index contributed by atoms with van der Waals surface area (Å²) in [6.45, 7) is 9.45. The van der Waals surface area contributed by atoms with Gasteiger partial charge in [0.15, 0.2) is 0 Å². The van der Waals surface area contributed by atoms with Crippen molar-refractivity contribution in [2.45, 2.75) is 84.0 Å². The second-order valence-electron chi connectivity index (χ2n) is 9.50. The van der Waals surface area contributed by atoms with E-state index in [2.05, 4.69) is 5.32 Å². The van der Waals surface area contributed by atoms with Crippen LogP contribution in [0.3, 0.4) is 0 Å². The zero-order valence-electron chi connectivity index (χ0n) is 18.8. The highest BCUT2D eigenvalue weighted by Crippen LogP contribution is 2.36. The Morgan fingerprint density at radius 2 is 1.59 bits per heavy atom. The first-order valence-electron chi connectivity index (χ1n) is 10.5. The number of nitrogens with one attached hydrogen (secondary N) is 1. The average molecular weight is 468 g/mol. The molecule has 0 aromatic heterocycles. The van der Waals surface area contributed by atoms with Crippen LogP contribution in [0, 0.1) is 5.92 Å². The smallest absolute Gasteiger partial charge is 0.416 e. The van der Waals surface area contributed by atoms with Crippen molar-refractivity contribution in [3.8, 4) is 0 Å². The van der Waals surface area contributed by atoms with Gasteiger partial charge in [0.2, 0.25) is 0 Å². The Labute approximate surface area is 184 Å². The van der Waals surface area contributed by atoms with Crippen LogP contribution in [-0.4, -0.2) is 35.2 Å². The number of likely N-dealkylation sites (tertiary alicyclic amines) is 1. The third-order valence-corrected chi connectivity index (χ3v) is 5.28. The number of hydrogen-bond acceptors (Lipinski definition) is 3. The zero-order valence-corrected chi connectivity index (χ0v) is 18.8. The fraction of sp³-hybridized carbons (Fsp3) is 0.682. The molecule has 1 saturated heterocycles. The lowest BCUT2D eigenvalue weighted by Crippen LogP contribution is -2.53. The Kier molecular flexibility index (Phi) is 7.79. The lowest BCUT2D eigenvalue weighted by atomic mass is 9.89. The standard InChI is InChI=1S/C22H30F6N2O2/c1-13(2)18-11-17(6-7-30(18)19(31)32-20(3,4)5)29-12-14-8-15(21(23,24)25)10-16(9-14)22(26,27)28/h8-10,13,17-18,29H,6-7,11-12H2,1-5H3/t17-,18?/m0/s1. The van der Waals surface area contributed by atoms with Crippen LogP contribution in [0.4, 0.5) is 31.1 Å². The van der Waals surface area contributed by atoms with E-state index < -0.39 is 35.2 Å². The van der Waals surface area contributed by atoms with E-state index in [1.165, 1.54) is 0 Å². The van der Waals surface area contributed by atoms with Gasteiger partial charge in [-0.2, -0.15) is 26.3 Å². The normalized spacial score (nSPS) is 20.6. The summed E-state index contributed by atoms with van der Waals surface area (Å²) in [6.07, 6.45) is -9.16. The van der Waals surface area contributed by atoms with Gasteiger partial charge in [0.1, 0.15) is 5.60 Å². The molecule has 1 amide bonds. The molecule has 1 N–H and O–H groups in total. The average Bonchev–Trinajstić information content (AvgIpc) is 2.63. The number of benzene rings is 1. The van der Waals surface area contributed by atoms with Gasteiger partial charge in [-0.25, -0.2) is 4.79 Å². The van der Waals surface area contributed by atoms with Crippen molar-refractivity contribution in [2.75, 3.05) is 6.54 Å². The molecule has 1 heterocycles. The van der Waals surface area contributed by atoms with E-state index in [1.54, 1.807) is 25.7 Å². The first-order valence-corrected chi connectivity index (χ1v) is 10.5. The molecular formula is C22H30F6N2O2. The van der Waals surface area contributed by atoms with Gasteiger partial charge in [0.25, 0.3) is 0 Å². The molecule has 0 spiro atoms. The van der Waals surface area contributed by atoms with Crippen molar-refractivity contribution in [2.24, 2.45) is 5.92 Å². The number of carbonyl (C=O) groups is 1. The van der Waals surface area contributed by atoms with Crippen LogP contribution in [0.15, 0.2) is 18.2 Å². The number of ether oxygens (including phenoxy) is 1. The van der Waals surface area contributed by atoms with Crippen LogP contribution in [-0.2, 0) is 23.6 Å². The Morgan fingerprint density at radius 1 is 1.06 bits per heavy atom. The maximum atomic E-state index is 13.1. The van der Waals surface area contributed by atoms with E-state index in [0.717, 1.165) is 12.1 Å². The largest absolute Gasteiger partial charge is 0.444 e. The Bertz CT molecular complexity index is 767. The van der Waals surface area contributed by atoms with Gasteiger partial charge in [-0.15, -0.1) is 0 Å². The Morgan fingerprint density at radius 3 is 2.03 bits per heavy atom. The highest BCUT2D eigenvalue weighted by molar-refractivity contribution is 5.68. The van der Waals surface area contributed by atoms with Crippen molar-refractivity contribution >= 4 is 6.09 Å². The summed E-state index contributed by atoms with van der Waals surface area (Å²) in [6, 6.07) is 1.27. The fourth-order valence-electron chi connectivity index (χ4n) is 3.75. The SMILES string of the molecule is CC(C)C1C[C@@H](NCc2cc(C(F)(F)F)cc(C(F)(F)F)c2)CCN1C(=O)OC(C)(C)C. The predicted molar refractivity (Wildman–Crippen MR) is 108 cm³/mol. The first kappa shape index (κ1) is 26.3. The predicted octanol–water partition coefficient (Wildman–Crippen LogP) is 6.24. The summed E-state index contributed by atoms with van der Waals surface area (Å²) in [5, 5.41) is 3.07. The first-order chi connectivity index (χ1) is 14.5. The highest BCUT2D eigenvalue weighted by atomic mass is 19.4. The summed E-state index contributed by atoms with van der Waals surface area (Å²) in [7, 11) is 0. The number of halogens is 6. The molecule has 0 radical (unpaired) electrons. The van der Waals surface area contributed by atoms with Crippen molar-refractivity contribution in [1.82, 2.24) is 10.2 Å². The van der Waals surface area contributed by atoms with E-state index in [1.807, 2.05) is 13.8 Å². The molecule has 1 unspecified atom stereocenters. The van der Waals surface area contributed by atoms with Crippen LogP contribution in [0.2, 0.25) is 0 Å². The third-order valence-electron chi connectivity index (χ3n) is 5.28. The quantitative estimate of drug-likeness (QED) is 0.532. The molecule has 2 atom stereocenters. The molecule has 1 aromatic carbocycles. The third kappa shape index (κ3) is 7.28. The summed E-state index contributed by atoms with van der Waals surface area (Å²) in [5.41, 5.74) is -3.40. The molecule has 0 saturated carbocycles. The van der Waals surface area contributed by atoms with E-state index in [4.69, 9.17) is 4.74 Å². The van der Waals surface area contributed by atoms with Crippen molar-refractivity contribution < 1.29 is 35.9 Å². The molecule has 0 bridgehead atoms. The number of alkyl halides is 6. The van der Waals surface area contributed by atoms with Crippen LogP contribution in [0.25, 0.3) is 0 Å². The Hall–Kier alpha value is -1.97. The minimum Gasteiger partial charge on any atom is -0.444 e. The number of rotatable bonds is 4. The lowest BCUT2D eigenvalue weighted by Gasteiger charge is -2.42. The second-order valence-corrected chi connectivity index (χ2v) is 9.50. The van der Waals surface area contributed by atoms with Gasteiger partial charge in [0, 0.05) is 25.2 Å². The summed E-state index contributed by atoms with van der Waals surface area (Å²) >= 11 is 0. The lowest BCUT2D eigenvalue weighted by molar-refractivity contribution is -0.143. The molecule has 32 heavy (non-hydrogen) atoms. The minimum atomic E-state index is -4.88. The summed E-state index contributed by atoms with van der Waals surface area (Å²) in [5.74, 6) is 0.0949. The summed E-state index contributed by atoms with van der Waals surface area (Å²) in [4.78, 5) is 14.2. The monoisotopic (exact) mass is 468 g/mol. The number of piperidine rings is 1. The molecule has 1 aromatic rings. The number of carbonyl (C=O) groups excluding carboxylic acids is 1. The molecule has 182 valence electrons. The highest BCUT2D eigenvalue weighted by Gasteiger charge is 2.38. The van der Waals surface area contributed by atoms with Crippen LogP contribution < -0.4 is 5.32 Å². The maximum Gasteiger partial charge on any atom is 0.416 e. The van der Waals surface area contributed by atoms with Gasteiger partial charge in [0.05, 0.1) is 11.1 Å². The maximum absolute atomic E-state index is 13.1. The van der Waals surface area contributed by atoms with Crippen molar-refractivity contribution in [3.05, 3.63) is 34.9 Å². The van der Waals surface area contributed by atoms with E-state index in [-0.39, 0.29) is 36.2 Å². The van der Waals surface area contributed by atoms with E-state index >= 15 is 0 Å². The molecule has 1 aliphatic rings. The van der Waals surface area contributed by atoms with E-state index in [9.17, 15) is 31.1 Å². The van der Waals surface area contributed by atoms with Crippen molar-refractivity contribution in [3.63, 3.8) is 0 Å². The van der Waals surface area contributed by atoms with Gasteiger partial charge in [-0.1, -0.05) is 13.8 Å². The molecule has 2 rings (SSSR count). The van der Waals surface area contributed by atoms with Gasteiger partial charge in [-0.05, 0) is 63.3 Å². The van der Waals surface area contributed by atoms with Crippen LogP contribution in [0.5, 0.6) is 0 Å². The molecule has 0 aliphatic carbocycles. The topological polar surface area (TPSA) is 41.6 Å². The molecular weight excluding hydrogens is 438 g/mol. The van der Waals surface area contributed by atoms with Crippen molar-refractivity contribution in [1.29, 1.82) is 0 Å². The fourth-order valence-corrected chi connectivity index (χ4v) is 3.75. The number of hydrogen-bond donors (Lipinski definition) is 1. The zero-order chi connectivity index (χ0) is 24.5. The summed E-state index contributed by atoms with van der Waals surface area (Å²) < 4.78 is 83.9. The van der Waals surface area contributed by atoms with E-state index in [0.29, 0.717) is 19.4 Å².